The van der Waals surface area contributed by atoms with Gasteiger partial charge in [-0.1, -0.05) is 18.1 Å². The van der Waals surface area contributed by atoms with Crippen LogP contribution in [0.2, 0.25) is 0 Å². The Bertz CT molecular complexity index is 444. The lowest BCUT2D eigenvalue weighted by Crippen LogP contribution is -2.39. The van der Waals surface area contributed by atoms with Crippen LogP contribution in [0.4, 0.5) is 0 Å². The van der Waals surface area contributed by atoms with Crippen molar-refractivity contribution >= 4 is 5.78 Å². The number of hydrogen-bond donors (Lipinski definition) is 1. The Hall–Kier alpha value is -1.35. The summed E-state index contributed by atoms with van der Waals surface area (Å²) in [4.78, 5) is 12.4. The fraction of sp³-hybridized carbons (Fsp3) is 0.533. The number of carbonyl (C=O) groups is 1. The zero-order valence-electron chi connectivity index (χ0n) is 11.2. The van der Waals surface area contributed by atoms with E-state index in [1.807, 2.05) is 25.1 Å². The van der Waals surface area contributed by atoms with E-state index in [9.17, 15) is 4.79 Å². The van der Waals surface area contributed by atoms with Crippen molar-refractivity contribution in [3.05, 3.63) is 29.3 Å². The Morgan fingerprint density at radius 3 is 2.67 bits per heavy atom. The number of benzene rings is 1. The molecule has 1 aromatic carbocycles. The third-order valence-electron chi connectivity index (χ3n) is 4.04. The molecular weight excluding hydrogens is 226 g/mol. The van der Waals surface area contributed by atoms with E-state index in [0.29, 0.717) is 24.3 Å². The van der Waals surface area contributed by atoms with E-state index < -0.39 is 0 Å². The standard InChI is InChI=1S/C15H21NO2/c1-11-4-5-14(18-2)12(8-11)13(17)9-15(10-16)6-3-7-15/h4-5,8H,3,6-7,9-10,16H2,1-2H3. The smallest absolute Gasteiger partial charge is 0.167 e. The van der Waals surface area contributed by atoms with Crippen LogP contribution in [0, 0.1) is 12.3 Å². The van der Waals surface area contributed by atoms with Crippen LogP contribution in [0.5, 0.6) is 5.75 Å². The van der Waals surface area contributed by atoms with Gasteiger partial charge < -0.3 is 10.5 Å². The number of hydrogen-bond acceptors (Lipinski definition) is 3. The molecule has 0 saturated heterocycles. The van der Waals surface area contributed by atoms with E-state index in [0.717, 1.165) is 18.4 Å². The monoisotopic (exact) mass is 247 g/mol. The number of ether oxygens (including phenoxy) is 1. The Kier molecular flexibility index (Phi) is 3.71. The molecule has 3 heteroatoms. The lowest BCUT2D eigenvalue weighted by molar-refractivity contribution is 0.0783. The van der Waals surface area contributed by atoms with Crippen molar-refractivity contribution in [3.8, 4) is 5.75 Å². The highest BCUT2D eigenvalue weighted by Crippen LogP contribution is 2.44. The summed E-state index contributed by atoms with van der Waals surface area (Å²) >= 11 is 0. The van der Waals surface area contributed by atoms with Crippen LogP contribution >= 0.6 is 0 Å². The van der Waals surface area contributed by atoms with Crippen molar-refractivity contribution in [2.75, 3.05) is 13.7 Å². The molecule has 0 bridgehead atoms. The number of carbonyl (C=O) groups excluding carboxylic acids is 1. The molecule has 1 saturated carbocycles. The fourth-order valence-corrected chi connectivity index (χ4v) is 2.61. The Balaban J connectivity index is 2.20. The minimum atomic E-state index is 0.0475. The molecule has 1 fully saturated rings. The molecule has 1 aliphatic carbocycles. The van der Waals surface area contributed by atoms with Gasteiger partial charge in [0.2, 0.25) is 0 Å². The predicted molar refractivity (Wildman–Crippen MR) is 72.0 cm³/mol. The summed E-state index contributed by atoms with van der Waals surface area (Å²) in [5.41, 5.74) is 7.63. The van der Waals surface area contributed by atoms with Gasteiger partial charge in [0.25, 0.3) is 0 Å². The molecule has 0 spiro atoms. The molecule has 2 N–H and O–H groups in total. The molecule has 98 valence electrons. The van der Waals surface area contributed by atoms with Crippen molar-refractivity contribution in [2.24, 2.45) is 11.1 Å². The number of ketones is 1. The third-order valence-corrected chi connectivity index (χ3v) is 4.04. The molecule has 0 radical (unpaired) electrons. The van der Waals surface area contributed by atoms with Crippen LogP contribution in [0.1, 0.15) is 41.6 Å². The van der Waals surface area contributed by atoms with Crippen LogP contribution < -0.4 is 10.5 Å². The minimum absolute atomic E-state index is 0.0475. The molecule has 0 amide bonds. The second-order valence-corrected chi connectivity index (χ2v) is 5.36. The van der Waals surface area contributed by atoms with Crippen molar-refractivity contribution in [1.29, 1.82) is 0 Å². The topological polar surface area (TPSA) is 52.3 Å². The molecule has 2 rings (SSSR count). The van der Waals surface area contributed by atoms with Crippen LogP contribution in [0.25, 0.3) is 0 Å². The summed E-state index contributed by atoms with van der Waals surface area (Å²) in [6.45, 7) is 2.59. The average molecular weight is 247 g/mol. The first-order valence-electron chi connectivity index (χ1n) is 6.48. The molecule has 0 aromatic heterocycles. The maximum atomic E-state index is 12.4. The van der Waals surface area contributed by atoms with E-state index >= 15 is 0 Å². The molecule has 0 unspecified atom stereocenters. The van der Waals surface area contributed by atoms with Crippen LogP contribution in [-0.4, -0.2) is 19.4 Å². The highest BCUT2D eigenvalue weighted by Gasteiger charge is 2.38. The molecule has 18 heavy (non-hydrogen) atoms. The zero-order valence-corrected chi connectivity index (χ0v) is 11.2. The number of aryl methyl sites for hydroxylation is 1. The van der Waals surface area contributed by atoms with Crippen molar-refractivity contribution in [3.63, 3.8) is 0 Å². The predicted octanol–water partition coefficient (Wildman–Crippen LogP) is 2.71. The van der Waals surface area contributed by atoms with Gasteiger partial charge in [0, 0.05) is 6.42 Å². The average Bonchev–Trinajstić information content (AvgIpc) is 2.33. The molecule has 1 aromatic rings. The number of nitrogens with two attached hydrogens (primary N) is 1. The maximum Gasteiger partial charge on any atom is 0.167 e. The summed E-state index contributed by atoms with van der Waals surface area (Å²) in [5, 5.41) is 0. The summed E-state index contributed by atoms with van der Waals surface area (Å²) in [6.07, 6.45) is 3.88. The molecule has 0 heterocycles. The van der Waals surface area contributed by atoms with E-state index in [1.54, 1.807) is 7.11 Å². The number of rotatable bonds is 5. The molecular formula is C15H21NO2. The summed E-state index contributed by atoms with van der Waals surface area (Å²) in [6, 6.07) is 5.72. The fourth-order valence-electron chi connectivity index (χ4n) is 2.61. The molecule has 0 aliphatic heterocycles. The first kappa shape index (κ1) is 13.1. The Labute approximate surface area is 108 Å². The minimum Gasteiger partial charge on any atom is -0.496 e. The lowest BCUT2D eigenvalue weighted by Gasteiger charge is -2.40. The first-order chi connectivity index (χ1) is 8.60. The summed E-state index contributed by atoms with van der Waals surface area (Å²) in [7, 11) is 1.60. The van der Waals surface area contributed by atoms with E-state index in [4.69, 9.17) is 10.5 Å². The van der Waals surface area contributed by atoms with Crippen LogP contribution in [0.3, 0.4) is 0 Å². The van der Waals surface area contributed by atoms with Gasteiger partial charge in [-0.05, 0) is 43.9 Å². The second kappa shape index (κ2) is 5.11. The first-order valence-corrected chi connectivity index (χ1v) is 6.48. The van der Waals surface area contributed by atoms with Gasteiger partial charge >= 0.3 is 0 Å². The van der Waals surface area contributed by atoms with E-state index in [2.05, 4.69) is 0 Å². The van der Waals surface area contributed by atoms with Crippen molar-refractivity contribution < 1.29 is 9.53 Å². The van der Waals surface area contributed by atoms with Crippen LogP contribution in [0.15, 0.2) is 18.2 Å². The zero-order chi connectivity index (χ0) is 13.2. The van der Waals surface area contributed by atoms with E-state index in [-0.39, 0.29) is 11.2 Å². The Morgan fingerprint density at radius 1 is 1.44 bits per heavy atom. The SMILES string of the molecule is COc1ccc(C)cc1C(=O)CC1(CN)CCC1. The second-order valence-electron chi connectivity index (χ2n) is 5.36. The third kappa shape index (κ3) is 2.41. The maximum absolute atomic E-state index is 12.4. The summed E-state index contributed by atoms with van der Waals surface area (Å²) in [5.74, 6) is 0.817. The Morgan fingerprint density at radius 2 is 2.17 bits per heavy atom. The molecule has 0 atom stereocenters. The molecule has 3 nitrogen and oxygen atoms in total. The van der Waals surface area contributed by atoms with Gasteiger partial charge in [-0.3, -0.25) is 4.79 Å². The van der Waals surface area contributed by atoms with Gasteiger partial charge in [-0.2, -0.15) is 0 Å². The van der Waals surface area contributed by atoms with Gasteiger partial charge in [-0.15, -0.1) is 0 Å². The van der Waals surface area contributed by atoms with Crippen LogP contribution in [-0.2, 0) is 0 Å². The van der Waals surface area contributed by atoms with Gasteiger partial charge in [0.15, 0.2) is 5.78 Å². The van der Waals surface area contributed by atoms with Gasteiger partial charge in [0.05, 0.1) is 12.7 Å². The van der Waals surface area contributed by atoms with Gasteiger partial charge in [0.1, 0.15) is 5.75 Å². The molecule has 1 aliphatic rings. The van der Waals surface area contributed by atoms with Crippen molar-refractivity contribution in [1.82, 2.24) is 0 Å². The largest absolute Gasteiger partial charge is 0.496 e. The number of Topliss-reactive ketones (excluding diaryl/α,β-unsaturated/α-hetero) is 1. The normalized spacial score (nSPS) is 17.1. The highest BCUT2D eigenvalue weighted by atomic mass is 16.5. The number of methoxy groups -OCH3 is 1. The van der Waals surface area contributed by atoms with Gasteiger partial charge in [-0.25, -0.2) is 0 Å². The van der Waals surface area contributed by atoms with E-state index in [1.165, 1.54) is 6.42 Å². The van der Waals surface area contributed by atoms with Crippen molar-refractivity contribution in [2.45, 2.75) is 32.6 Å². The highest BCUT2D eigenvalue weighted by molar-refractivity contribution is 5.99. The summed E-state index contributed by atoms with van der Waals surface area (Å²) < 4.78 is 5.27. The lowest BCUT2D eigenvalue weighted by atomic mass is 9.65. The quantitative estimate of drug-likeness (QED) is 0.814.